The number of methoxy groups -OCH3 is 1. The molecule has 0 N–H and O–H groups in total. The van der Waals surface area contributed by atoms with Gasteiger partial charge in [-0.05, 0) is 37.5 Å². The summed E-state index contributed by atoms with van der Waals surface area (Å²) in [6.07, 6.45) is 2.46. The molecule has 2 aromatic heterocycles. The molecule has 2 rings (SSSR count). The minimum absolute atomic E-state index is 0.00467. The number of nitrogens with zero attached hydrogens (tertiary/aromatic N) is 3. The minimum atomic E-state index is -0.00467. The van der Waals surface area contributed by atoms with Gasteiger partial charge in [0.15, 0.2) is 11.4 Å². The van der Waals surface area contributed by atoms with Gasteiger partial charge in [0.1, 0.15) is 0 Å². The summed E-state index contributed by atoms with van der Waals surface area (Å²) in [5, 5.41) is 6.25. The summed E-state index contributed by atoms with van der Waals surface area (Å²) in [5.41, 5.74) is 1.61. The number of ether oxygens (including phenoxy) is 1. The number of aromatic nitrogens is 2. The molecule has 0 fully saturated rings. The first-order valence-electron chi connectivity index (χ1n) is 6.94. The van der Waals surface area contributed by atoms with Gasteiger partial charge in [0.25, 0.3) is 0 Å². The third-order valence-corrected chi connectivity index (χ3v) is 4.29. The van der Waals surface area contributed by atoms with Gasteiger partial charge in [0.05, 0.1) is 24.7 Å². The van der Waals surface area contributed by atoms with Crippen LogP contribution in [0, 0.1) is 0 Å². The zero-order valence-electron chi connectivity index (χ0n) is 12.9. The summed E-state index contributed by atoms with van der Waals surface area (Å²) >= 11 is 1.48. The van der Waals surface area contributed by atoms with E-state index in [2.05, 4.69) is 16.9 Å². The second-order valence-corrected chi connectivity index (χ2v) is 5.96. The Morgan fingerprint density at radius 2 is 2.24 bits per heavy atom. The Morgan fingerprint density at radius 1 is 1.48 bits per heavy atom. The lowest BCUT2D eigenvalue weighted by atomic mass is 10.1. The lowest BCUT2D eigenvalue weighted by Gasteiger charge is -2.12. The van der Waals surface area contributed by atoms with Crippen LogP contribution in [0.3, 0.4) is 0 Å². The Morgan fingerprint density at radius 3 is 2.86 bits per heavy atom. The second-order valence-electron chi connectivity index (χ2n) is 5.05. The van der Waals surface area contributed by atoms with Crippen molar-refractivity contribution in [2.75, 3.05) is 27.7 Å². The van der Waals surface area contributed by atoms with Crippen molar-refractivity contribution >= 4 is 17.1 Å². The topological polar surface area (TPSA) is 47.4 Å². The van der Waals surface area contributed by atoms with Crippen molar-refractivity contribution in [1.82, 2.24) is 14.7 Å². The van der Waals surface area contributed by atoms with Gasteiger partial charge < -0.3 is 9.64 Å². The molecule has 2 aromatic rings. The van der Waals surface area contributed by atoms with Crippen molar-refractivity contribution in [3.05, 3.63) is 33.8 Å². The smallest absolute Gasteiger partial charge is 0.225 e. The zero-order valence-corrected chi connectivity index (χ0v) is 13.7. The molecule has 0 aliphatic carbocycles. The van der Waals surface area contributed by atoms with Crippen LogP contribution in [0.25, 0.3) is 0 Å². The van der Waals surface area contributed by atoms with Crippen molar-refractivity contribution in [1.29, 1.82) is 0 Å². The summed E-state index contributed by atoms with van der Waals surface area (Å²) in [4.78, 5) is 15.7. The molecule has 0 unspecified atom stereocenters. The van der Waals surface area contributed by atoms with Gasteiger partial charge in [-0.25, -0.2) is 0 Å². The van der Waals surface area contributed by atoms with Gasteiger partial charge in [0.2, 0.25) is 5.78 Å². The number of ketones is 1. The van der Waals surface area contributed by atoms with Crippen LogP contribution < -0.4 is 4.74 Å². The van der Waals surface area contributed by atoms with Crippen LogP contribution in [-0.4, -0.2) is 48.2 Å². The fourth-order valence-corrected chi connectivity index (χ4v) is 3.07. The van der Waals surface area contributed by atoms with Crippen LogP contribution >= 0.6 is 11.3 Å². The molecular formula is C15H21N3O2S. The maximum absolute atomic E-state index is 12.8. The molecule has 5 nitrogen and oxygen atoms in total. The van der Waals surface area contributed by atoms with Gasteiger partial charge in [0, 0.05) is 6.54 Å². The molecule has 0 atom stereocenters. The number of likely N-dealkylation sites (N-methyl/N-ethyl adjacent to an activating group) is 1. The molecular weight excluding hydrogens is 286 g/mol. The van der Waals surface area contributed by atoms with E-state index in [0.717, 1.165) is 23.4 Å². The molecule has 0 aliphatic heterocycles. The number of aryl methyl sites for hydroxylation is 1. The van der Waals surface area contributed by atoms with Crippen LogP contribution in [0.1, 0.15) is 27.9 Å². The average molecular weight is 307 g/mol. The van der Waals surface area contributed by atoms with Gasteiger partial charge in [-0.3, -0.25) is 9.48 Å². The standard InChI is InChI=1S/C15H21N3O2S/c1-5-11-6-9-21-15(11)14(19)13-12(20-4)10-16-18(13)8-7-17(2)3/h6,9-10H,5,7-8H2,1-4H3. The fourth-order valence-electron chi connectivity index (χ4n) is 2.13. The van der Waals surface area contributed by atoms with E-state index in [0.29, 0.717) is 18.0 Å². The normalized spacial score (nSPS) is 11.1. The van der Waals surface area contributed by atoms with Crippen LogP contribution in [0.2, 0.25) is 0 Å². The molecule has 0 radical (unpaired) electrons. The Bertz CT molecular complexity index is 616. The molecule has 0 aromatic carbocycles. The van der Waals surface area contributed by atoms with Crippen LogP contribution in [0.4, 0.5) is 0 Å². The number of carbonyl (C=O) groups excluding carboxylic acids is 1. The van der Waals surface area contributed by atoms with Gasteiger partial charge in [-0.2, -0.15) is 5.10 Å². The highest BCUT2D eigenvalue weighted by atomic mass is 32.1. The van der Waals surface area contributed by atoms with Crippen molar-refractivity contribution in [2.45, 2.75) is 19.9 Å². The highest BCUT2D eigenvalue weighted by Crippen LogP contribution is 2.26. The molecule has 0 amide bonds. The molecule has 0 saturated carbocycles. The molecule has 2 heterocycles. The highest BCUT2D eigenvalue weighted by Gasteiger charge is 2.23. The van der Waals surface area contributed by atoms with Gasteiger partial charge in [-0.15, -0.1) is 11.3 Å². The lowest BCUT2D eigenvalue weighted by molar-refractivity contribution is 0.102. The predicted molar refractivity (Wildman–Crippen MR) is 84.5 cm³/mol. The number of hydrogen-bond acceptors (Lipinski definition) is 5. The maximum Gasteiger partial charge on any atom is 0.225 e. The molecule has 0 bridgehead atoms. The third-order valence-electron chi connectivity index (χ3n) is 3.33. The van der Waals surface area contributed by atoms with Crippen molar-refractivity contribution in [3.63, 3.8) is 0 Å². The Labute approximate surface area is 129 Å². The van der Waals surface area contributed by atoms with Crippen molar-refractivity contribution in [2.24, 2.45) is 0 Å². The van der Waals surface area contributed by atoms with Crippen LogP contribution in [0.5, 0.6) is 5.75 Å². The van der Waals surface area contributed by atoms with E-state index < -0.39 is 0 Å². The summed E-state index contributed by atoms with van der Waals surface area (Å²) in [6.45, 7) is 3.53. The number of hydrogen-bond donors (Lipinski definition) is 0. The minimum Gasteiger partial charge on any atom is -0.493 e. The maximum atomic E-state index is 12.8. The van der Waals surface area contributed by atoms with Crippen molar-refractivity contribution < 1.29 is 9.53 Å². The first kappa shape index (κ1) is 15.7. The van der Waals surface area contributed by atoms with E-state index in [1.807, 2.05) is 25.5 Å². The van der Waals surface area contributed by atoms with Gasteiger partial charge >= 0.3 is 0 Å². The van der Waals surface area contributed by atoms with Gasteiger partial charge in [-0.1, -0.05) is 6.92 Å². The summed E-state index contributed by atoms with van der Waals surface area (Å²) in [5.74, 6) is 0.532. The van der Waals surface area contributed by atoms with E-state index in [-0.39, 0.29) is 5.78 Å². The first-order valence-corrected chi connectivity index (χ1v) is 7.82. The third kappa shape index (κ3) is 3.33. The Kier molecular flexibility index (Phi) is 5.14. The van der Waals surface area contributed by atoms with Crippen LogP contribution in [0.15, 0.2) is 17.6 Å². The zero-order chi connectivity index (χ0) is 15.4. The van der Waals surface area contributed by atoms with Crippen molar-refractivity contribution in [3.8, 4) is 5.75 Å². The molecule has 0 saturated heterocycles. The second kappa shape index (κ2) is 6.87. The van der Waals surface area contributed by atoms with Crippen LogP contribution in [-0.2, 0) is 13.0 Å². The Hall–Kier alpha value is -1.66. The summed E-state index contributed by atoms with van der Waals surface area (Å²) in [6, 6.07) is 2.00. The quantitative estimate of drug-likeness (QED) is 0.737. The largest absolute Gasteiger partial charge is 0.493 e. The lowest BCUT2D eigenvalue weighted by Crippen LogP contribution is -2.22. The highest BCUT2D eigenvalue weighted by molar-refractivity contribution is 7.12. The van der Waals surface area contributed by atoms with E-state index >= 15 is 0 Å². The number of carbonyl (C=O) groups is 1. The fraction of sp³-hybridized carbons (Fsp3) is 0.467. The predicted octanol–water partition coefficient (Wildman–Crippen LogP) is 2.31. The SMILES string of the molecule is CCc1ccsc1C(=O)c1c(OC)cnn1CCN(C)C. The molecule has 0 spiro atoms. The number of rotatable bonds is 7. The molecule has 114 valence electrons. The summed E-state index contributed by atoms with van der Waals surface area (Å²) < 4.78 is 7.05. The molecule has 6 heteroatoms. The molecule has 0 aliphatic rings. The van der Waals surface area contributed by atoms with E-state index in [4.69, 9.17) is 4.74 Å². The van der Waals surface area contributed by atoms with E-state index in [9.17, 15) is 4.79 Å². The molecule has 21 heavy (non-hydrogen) atoms. The monoisotopic (exact) mass is 307 g/mol. The summed E-state index contributed by atoms with van der Waals surface area (Å²) in [7, 11) is 5.56. The van der Waals surface area contributed by atoms with E-state index in [1.54, 1.807) is 18.0 Å². The number of thiophene rings is 1. The van der Waals surface area contributed by atoms with E-state index in [1.165, 1.54) is 11.3 Å². The Balaban J connectivity index is 2.36. The first-order chi connectivity index (χ1) is 10.1. The average Bonchev–Trinajstić information content (AvgIpc) is 3.10.